The zero-order valence-corrected chi connectivity index (χ0v) is 12.3. The first-order valence-electron chi connectivity index (χ1n) is 6.64. The SMILES string of the molecule is CCNCc1ccccc1NC(=O)CN1CSCC1=O. The van der Waals surface area contributed by atoms with Crippen molar-refractivity contribution in [2.45, 2.75) is 13.5 Å². The van der Waals surface area contributed by atoms with Crippen LogP contribution in [0.15, 0.2) is 24.3 Å². The molecule has 1 aliphatic heterocycles. The zero-order valence-electron chi connectivity index (χ0n) is 11.5. The van der Waals surface area contributed by atoms with Gasteiger partial charge in [-0.1, -0.05) is 25.1 Å². The van der Waals surface area contributed by atoms with Gasteiger partial charge in [-0.25, -0.2) is 0 Å². The molecule has 2 N–H and O–H groups in total. The molecule has 1 heterocycles. The van der Waals surface area contributed by atoms with Gasteiger partial charge >= 0.3 is 0 Å². The molecule has 5 nitrogen and oxygen atoms in total. The topological polar surface area (TPSA) is 61.4 Å². The maximum absolute atomic E-state index is 12.0. The lowest BCUT2D eigenvalue weighted by molar-refractivity contribution is -0.130. The van der Waals surface area contributed by atoms with E-state index >= 15 is 0 Å². The monoisotopic (exact) mass is 293 g/mol. The summed E-state index contributed by atoms with van der Waals surface area (Å²) in [7, 11) is 0. The van der Waals surface area contributed by atoms with Gasteiger partial charge in [0.15, 0.2) is 0 Å². The number of hydrogen-bond acceptors (Lipinski definition) is 4. The Hall–Kier alpha value is -1.53. The molecule has 6 heteroatoms. The highest BCUT2D eigenvalue weighted by Crippen LogP contribution is 2.17. The van der Waals surface area contributed by atoms with Crippen molar-refractivity contribution >= 4 is 29.3 Å². The maximum Gasteiger partial charge on any atom is 0.244 e. The summed E-state index contributed by atoms with van der Waals surface area (Å²) in [4.78, 5) is 25.1. The fraction of sp³-hybridized carbons (Fsp3) is 0.429. The molecule has 0 spiro atoms. The number of amides is 2. The summed E-state index contributed by atoms with van der Waals surface area (Å²) >= 11 is 1.54. The molecule has 0 radical (unpaired) electrons. The van der Waals surface area contributed by atoms with Gasteiger partial charge < -0.3 is 15.5 Å². The smallest absolute Gasteiger partial charge is 0.244 e. The minimum atomic E-state index is -0.148. The Morgan fingerprint density at radius 3 is 2.90 bits per heavy atom. The van der Waals surface area contributed by atoms with Crippen LogP contribution in [0.25, 0.3) is 0 Å². The van der Waals surface area contributed by atoms with Gasteiger partial charge in [-0.2, -0.15) is 0 Å². The van der Waals surface area contributed by atoms with E-state index in [2.05, 4.69) is 10.6 Å². The van der Waals surface area contributed by atoms with Crippen molar-refractivity contribution in [1.29, 1.82) is 0 Å². The third kappa shape index (κ3) is 3.98. The molecule has 20 heavy (non-hydrogen) atoms. The Kier molecular flexibility index (Phi) is 5.43. The van der Waals surface area contributed by atoms with E-state index < -0.39 is 0 Å². The summed E-state index contributed by atoms with van der Waals surface area (Å²) in [6, 6.07) is 7.70. The van der Waals surface area contributed by atoms with Crippen LogP contribution in [0.5, 0.6) is 0 Å². The Labute approximate surface area is 123 Å². The summed E-state index contributed by atoms with van der Waals surface area (Å²) in [5.74, 6) is 0.964. The van der Waals surface area contributed by atoms with E-state index in [-0.39, 0.29) is 18.4 Å². The van der Waals surface area contributed by atoms with Crippen molar-refractivity contribution in [3.63, 3.8) is 0 Å². The summed E-state index contributed by atoms with van der Waals surface area (Å²) in [5.41, 5.74) is 1.85. The first-order chi connectivity index (χ1) is 9.70. The highest BCUT2D eigenvalue weighted by Gasteiger charge is 2.23. The van der Waals surface area contributed by atoms with Gasteiger partial charge in [0, 0.05) is 12.2 Å². The highest BCUT2D eigenvalue weighted by molar-refractivity contribution is 8.00. The van der Waals surface area contributed by atoms with Gasteiger partial charge in [0.05, 0.1) is 11.6 Å². The molecule has 1 fully saturated rings. The number of carbonyl (C=O) groups is 2. The number of carbonyl (C=O) groups excluding carboxylic acids is 2. The van der Waals surface area contributed by atoms with E-state index in [1.165, 1.54) is 11.8 Å². The second-order valence-electron chi connectivity index (χ2n) is 4.55. The number of hydrogen-bond donors (Lipinski definition) is 2. The third-order valence-electron chi connectivity index (χ3n) is 3.02. The van der Waals surface area contributed by atoms with Crippen LogP contribution in [0.3, 0.4) is 0 Å². The van der Waals surface area contributed by atoms with E-state index in [1.54, 1.807) is 4.90 Å². The average Bonchev–Trinajstić information content (AvgIpc) is 2.83. The largest absolute Gasteiger partial charge is 0.324 e. The number of nitrogens with zero attached hydrogens (tertiary/aromatic N) is 1. The molecule has 1 aliphatic rings. The summed E-state index contributed by atoms with van der Waals surface area (Å²) in [5, 5.41) is 6.12. The maximum atomic E-state index is 12.0. The first kappa shape index (κ1) is 14.9. The number of nitrogens with one attached hydrogen (secondary N) is 2. The van der Waals surface area contributed by atoms with E-state index in [4.69, 9.17) is 0 Å². The fourth-order valence-electron chi connectivity index (χ4n) is 1.96. The normalized spacial score (nSPS) is 14.7. The molecular weight excluding hydrogens is 274 g/mol. The molecule has 108 valence electrons. The summed E-state index contributed by atoms with van der Waals surface area (Å²) < 4.78 is 0. The second kappa shape index (κ2) is 7.31. The molecule has 1 aromatic carbocycles. The van der Waals surface area contributed by atoms with Crippen molar-refractivity contribution in [2.75, 3.05) is 30.0 Å². The lowest BCUT2D eigenvalue weighted by Gasteiger charge is -2.16. The van der Waals surface area contributed by atoms with Crippen LogP contribution in [-0.2, 0) is 16.1 Å². The molecule has 0 atom stereocenters. The molecule has 0 saturated carbocycles. The molecule has 2 amide bonds. The van der Waals surface area contributed by atoms with Crippen molar-refractivity contribution in [2.24, 2.45) is 0 Å². The molecule has 1 aromatic rings. The average molecular weight is 293 g/mol. The van der Waals surface area contributed by atoms with E-state index in [1.807, 2.05) is 31.2 Å². The molecule has 0 bridgehead atoms. The van der Waals surface area contributed by atoms with Gasteiger partial charge in [-0.05, 0) is 18.2 Å². The number of benzene rings is 1. The van der Waals surface area contributed by atoms with Crippen LogP contribution in [0.4, 0.5) is 5.69 Å². The number of thioether (sulfide) groups is 1. The van der Waals surface area contributed by atoms with Gasteiger partial charge in [0.2, 0.25) is 11.8 Å². The number of rotatable bonds is 6. The quantitative estimate of drug-likeness (QED) is 0.829. The fourth-order valence-corrected chi connectivity index (χ4v) is 2.86. The Morgan fingerprint density at radius 2 is 2.20 bits per heavy atom. The van der Waals surface area contributed by atoms with Gasteiger partial charge in [-0.15, -0.1) is 11.8 Å². The molecule has 2 rings (SSSR count). The number of para-hydroxylation sites is 1. The summed E-state index contributed by atoms with van der Waals surface area (Å²) in [6.45, 7) is 3.76. The van der Waals surface area contributed by atoms with E-state index in [9.17, 15) is 9.59 Å². The molecule has 1 saturated heterocycles. The lowest BCUT2D eigenvalue weighted by atomic mass is 10.1. The van der Waals surface area contributed by atoms with Crippen molar-refractivity contribution in [3.8, 4) is 0 Å². The van der Waals surface area contributed by atoms with Gasteiger partial charge in [-0.3, -0.25) is 9.59 Å². The van der Waals surface area contributed by atoms with Crippen molar-refractivity contribution < 1.29 is 9.59 Å². The van der Waals surface area contributed by atoms with Crippen LogP contribution in [0.1, 0.15) is 12.5 Å². The molecule has 0 aromatic heterocycles. The van der Waals surface area contributed by atoms with Crippen LogP contribution in [0, 0.1) is 0 Å². The number of anilines is 1. The lowest BCUT2D eigenvalue weighted by Crippen LogP contribution is -2.34. The minimum absolute atomic E-state index is 0.0334. The Balaban J connectivity index is 1.95. The van der Waals surface area contributed by atoms with Crippen molar-refractivity contribution in [3.05, 3.63) is 29.8 Å². The standard InChI is InChI=1S/C14H19N3O2S/c1-2-15-7-11-5-3-4-6-12(11)16-13(18)8-17-10-20-9-14(17)19/h3-6,15H,2,7-10H2,1H3,(H,16,18). The van der Waals surface area contributed by atoms with Crippen LogP contribution < -0.4 is 10.6 Å². The third-order valence-corrected chi connectivity index (χ3v) is 3.96. The van der Waals surface area contributed by atoms with Gasteiger partial charge in [0.1, 0.15) is 6.54 Å². The van der Waals surface area contributed by atoms with E-state index in [0.717, 1.165) is 17.8 Å². The van der Waals surface area contributed by atoms with E-state index in [0.29, 0.717) is 18.2 Å². The van der Waals surface area contributed by atoms with Crippen LogP contribution >= 0.6 is 11.8 Å². The summed E-state index contributed by atoms with van der Waals surface area (Å²) in [6.07, 6.45) is 0. The predicted molar refractivity (Wildman–Crippen MR) is 81.5 cm³/mol. The predicted octanol–water partition coefficient (Wildman–Crippen LogP) is 1.27. The minimum Gasteiger partial charge on any atom is -0.324 e. The second-order valence-corrected chi connectivity index (χ2v) is 5.51. The van der Waals surface area contributed by atoms with Crippen molar-refractivity contribution in [1.82, 2.24) is 10.2 Å². The van der Waals surface area contributed by atoms with Crippen LogP contribution in [-0.4, -0.2) is 41.4 Å². The molecule has 0 aliphatic carbocycles. The highest BCUT2D eigenvalue weighted by atomic mass is 32.2. The van der Waals surface area contributed by atoms with Crippen LogP contribution in [0.2, 0.25) is 0 Å². The first-order valence-corrected chi connectivity index (χ1v) is 7.80. The van der Waals surface area contributed by atoms with Gasteiger partial charge in [0.25, 0.3) is 0 Å². The molecular formula is C14H19N3O2S. The Bertz CT molecular complexity index is 493. The Morgan fingerprint density at radius 1 is 1.40 bits per heavy atom. The zero-order chi connectivity index (χ0) is 14.4. The molecule has 0 unspecified atom stereocenters.